The van der Waals surface area contributed by atoms with E-state index in [1.807, 2.05) is 0 Å². The van der Waals surface area contributed by atoms with Crippen molar-refractivity contribution < 1.29 is 13.3 Å². The summed E-state index contributed by atoms with van der Waals surface area (Å²) in [5.41, 5.74) is 5.87. The van der Waals surface area contributed by atoms with Crippen LogP contribution in [0.4, 0.5) is 5.69 Å². The minimum Gasteiger partial charge on any atom is -0.329 e. The van der Waals surface area contributed by atoms with Crippen LogP contribution in [0.1, 0.15) is 18.4 Å². The first-order valence-electron chi connectivity index (χ1n) is 6.35. The number of rotatable bonds is 4. The molecule has 1 atom stereocenters. The van der Waals surface area contributed by atoms with Crippen molar-refractivity contribution in [3.8, 4) is 0 Å². The van der Waals surface area contributed by atoms with Gasteiger partial charge in [-0.05, 0) is 31.4 Å². The molecule has 1 heterocycles. The van der Waals surface area contributed by atoms with Crippen molar-refractivity contribution in [2.24, 2.45) is 5.73 Å². The molecule has 2 rings (SSSR count). The molecule has 0 saturated carbocycles. The monoisotopic (exact) mass is 299 g/mol. The van der Waals surface area contributed by atoms with Gasteiger partial charge in [0.1, 0.15) is 0 Å². The second-order valence-electron chi connectivity index (χ2n) is 4.85. The van der Waals surface area contributed by atoms with Gasteiger partial charge in [-0.3, -0.25) is 10.1 Å². The third-order valence-electron chi connectivity index (χ3n) is 3.55. The zero-order valence-corrected chi connectivity index (χ0v) is 12.0. The molecule has 1 aromatic carbocycles. The Kier molecular flexibility index (Phi) is 4.07. The van der Waals surface area contributed by atoms with Crippen LogP contribution in [0.15, 0.2) is 23.1 Å². The van der Waals surface area contributed by atoms with Crippen LogP contribution in [0, 0.1) is 17.0 Å². The van der Waals surface area contributed by atoms with Gasteiger partial charge in [-0.15, -0.1) is 0 Å². The van der Waals surface area contributed by atoms with Crippen molar-refractivity contribution in [1.82, 2.24) is 4.31 Å². The fourth-order valence-electron chi connectivity index (χ4n) is 2.52. The molecule has 8 heteroatoms. The Morgan fingerprint density at radius 2 is 2.20 bits per heavy atom. The summed E-state index contributed by atoms with van der Waals surface area (Å²) in [7, 11) is -3.64. The summed E-state index contributed by atoms with van der Waals surface area (Å²) in [4.78, 5) is 10.3. The lowest BCUT2D eigenvalue weighted by atomic mass is 10.2. The Morgan fingerprint density at radius 3 is 2.75 bits per heavy atom. The van der Waals surface area contributed by atoms with E-state index in [0.29, 0.717) is 12.1 Å². The van der Waals surface area contributed by atoms with Gasteiger partial charge in [0.2, 0.25) is 10.0 Å². The number of hydrogen-bond donors (Lipinski definition) is 1. The Hall–Kier alpha value is -1.51. The van der Waals surface area contributed by atoms with E-state index in [9.17, 15) is 18.5 Å². The average molecular weight is 299 g/mol. The van der Waals surface area contributed by atoms with Crippen LogP contribution in [0.2, 0.25) is 0 Å². The van der Waals surface area contributed by atoms with Crippen LogP contribution in [-0.4, -0.2) is 36.8 Å². The topological polar surface area (TPSA) is 107 Å². The Balaban J connectivity index is 2.42. The molecule has 1 aliphatic rings. The number of nitrogens with two attached hydrogens (primary N) is 1. The summed E-state index contributed by atoms with van der Waals surface area (Å²) in [6.45, 7) is 2.29. The predicted octanol–water partition coefficient (Wildman–Crippen LogP) is 1.02. The summed E-state index contributed by atoms with van der Waals surface area (Å²) >= 11 is 0. The van der Waals surface area contributed by atoms with Crippen LogP contribution < -0.4 is 5.73 Å². The van der Waals surface area contributed by atoms with E-state index in [1.165, 1.54) is 22.5 Å². The fourth-order valence-corrected chi connectivity index (χ4v) is 4.44. The fraction of sp³-hybridized carbons (Fsp3) is 0.500. The SMILES string of the molecule is Cc1cc([N+](=O)[O-])ccc1S(=O)(=O)N1CCCC1CN. The second-order valence-corrected chi connectivity index (χ2v) is 6.71. The molecule has 0 aromatic heterocycles. The standard InChI is InChI=1S/C12H17N3O4S/c1-9-7-10(15(16)17)4-5-12(9)20(18,19)14-6-2-3-11(14)8-13/h4-5,7,11H,2-3,6,8,13H2,1H3. The van der Waals surface area contributed by atoms with E-state index in [4.69, 9.17) is 5.73 Å². The number of aryl methyl sites for hydroxylation is 1. The molecule has 110 valence electrons. The molecule has 0 bridgehead atoms. The highest BCUT2D eigenvalue weighted by molar-refractivity contribution is 7.89. The number of nitro groups is 1. The van der Waals surface area contributed by atoms with Crippen molar-refractivity contribution in [2.45, 2.75) is 30.7 Å². The van der Waals surface area contributed by atoms with Crippen LogP contribution in [-0.2, 0) is 10.0 Å². The molecule has 0 radical (unpaired) electrons. The van der Waals surface area contributed by atoms with E-state index in [-0.39, 0.29) is 23.2 Å². The summed E-state index contributed by atoms with van der Waals surface area (Å²) in [5, 5.41) is 10.7. The lowest BCUT2D eigenvalue weighted by Gasteiger charge is -2.23. The summed E-state index contributed by atoms with van der Waals surface area (Å²) in [6.07, 6.45) is 1.54. The smallest absolute Gasteiger partial charge is 0.269 e. The van der Waals surface area contributed by atoms with E-state index in [2.05, 4.69) is 0 Å². The Bertz CT molecular complexity index is 630. The molecule has 20 heavy (non-hydrogen) atoms. The van der Waals surface area contributed by atoms with Gasteiger partial charge in [-0.2, -0.15) is 4.31 Å². The molecule has 7 nitrogen and oxygen atoms in total. The molecule has 1 unspecified atom stereocenters. The number of benzene rings is 1. The maximum atomic E-state index is 12.6. The van der Waals surface area contributed by atoms with Gasteiger partial charge in [0.05, 0.1) is 9.82 Å². The minimum absolute atomic E-state index is 0.113. The van der Waals surface area contributed by atoms with Crippen LogP contribution in [0.25, 0.3) is 0 Å². The molecule has 1 fully saturated rings. The number of non-ortho nitro benzene ring substituents is 1. The van der Waals surface area contributed by atoms with E-state index < -0.39 is 14.9 Å². The number of nitro benzene ring substituents is 1. The van der Waals surface area contributed by atoms with Gasteiger partial charge in [0, 0.05) is 31.3 Å². The van der Waals surface area contributed by atoms with Gasteiger partial charge in [0.15, 0.2) is 0 Å². The maximum Gasteiger partial charge on any atom is 0.269 e. The molecule has 2 N–H and O–H groups in total. The van der Waals surface area contributed by atoms with Gasteiger partial charge < -0.3 is 5.73 Å². The third kappa shape index (κ3) is 2.54. The van der Waals surface area contributed by atoms with Crippen LogP contribution in [0.5, 0.6) is 0 Å². The number of nitrogens with zero attached hydrogens (tertiary/aromatic N) is 2. The number of sulfonamides is 1. The van der Waals surface area contributed by atoms with Crippen molar-refractivity contribution in [2.75, 3.05) is 13.1 Å². The molecule has 0 spiro atoms. The molecule has 1 saturated heterocycles. The normalized spacial score (nSPS) is 20.2. The zero-order valence-electron chi connectivity index (χ0n) is 11.2. The van der Waals surface area contributed by atoms with Gasteiger partial charge >= 0.3 is 0 Å². The number of hydrogen-bond acceptors (Lipinski definition) is 5. The summed E-state index contributed by atoms with van der Waals surface area (Å²) < 4.78 is 26.6. The zero-order chi connectivity index (χ0) is 14.9. The molecular weight excluding hydrogens is 282 g/mol. The molecular formula is C12H17N3O4S. The van der Waals surface area contributed by atoms with E-state index >= 15 is 0 Å². The minimum atomic E-state index is -3.64. The highest BCUT2D eigenvalue weighted by Crippen LogP contribution is 2.29. The van der Waals surface area contributed by atoms with Gasteiger partial charge in [0.25, 0.3) is 5.69 Å². The highest BCUT2D eigenvalue weighted by Gasteiger charge is 2.35. The highest BCUT2D eigenvalue weighted by atomic mass is 32.2. The first kappa shape index (κ1) is 14.9. The quantitative estimate of drug-likeness (QED) is 0.659. The van der Waals surface area contributed by atoms with Gasteiger partial charge in [-0.1, -0.05) is 0 Å². The second kappa shape index (κ2) is 5.47. The van der Waals surface area contributed by atoms with Crippen LogP contribution in [0.3, 0.4) is 0 Å². The van der Waals surface area contributed by atoms with Crippen LogP contribution >= 0.6 is 0 Å². The largest absolute Gasteiger partial charge is 0.329 e. The lowest BCUT2D eigenvalue weighted by molar-refractivity contribution is -0.385. The maximum absolute atomic E-state index is 12.6. The van der Waals surface area contributed by atoms with Gasteiger partial charge in [-0.25, -0.2) is 8.42 Å². The predicted molar refractivity (Wildman–Crippen MR) is 73.8 cm³/mol. The van der Waals surface area contributed by atoms with Crippen molar-refractivity contribution in [1.29, 1.82) is 0 Å². The average Bonchev–Trinajstić information content (AvgIpc) is 2.87. The van der Waals surface area contributed by atoms with E-state index in [1.54, 1.807) is 6.92 Å². The molecule has 1 aliphatic heterocycles. The van der Waals surface area contributed by atoms with Crippen molar-refractivity contribution in [3.63, 3.8) is 0 Å². The molecule has 1 aromatic rings. The summed E-state index contributed by atoms with van der Waals surface area (Å²) in [5.74, 6) is 0. The molecule has 0 aliphatic carbocycles. The van der Waals surface area contributed by atoms with Crippen molar-refractivity contribution in [3.05, 3.63) is 33.9 Å². The first-order valence-corrected chi connectivity index (χ1v) is 7.79. The molecule has 0 amide bonds. The lowest BCUT2D eigenvalue weighted by Crippen LogP contribution is -2.40. The Labute approximate surface area is 117 Å². The van der Waals surface area contributed by atoms with Crippen molar-refractivity contribution >= 4 is 15.7 Å². The van der Waals surface area contributed by atoms with E-state index in [0.717, 1.165) is 12.8 Å². The third-order valence-corrected chi connectivity index (χ3v) is 5.66. The Morgan fingerprint density at radius 1 is 1.50 bits per heavy atom. The summed E-state index contributed by atoms with van der Waals surface area (Å²) in [6, 6.07) is 3.61. The first-order chi connectivity index (χ1) is 9.37.